The maximum absolute atomic E-state index is 13.2. The molecule has 3 nitrogen and oxygen atoms in total. The molecule has 0 bridgehead atoms. The number of nitrogens with zero attached hydrogens (tertiary/aromatic N) is 1. The Balaban J connectivity index is 1.59. The zero-order valence-electron chi connectivity index (χ0n) is 18.3. The SMILES string of the molecule is CN(CCc1ccccc1)C1CCC(C(C(N)=O)(c2ccccc2)c2ccccc2)C1. The summed E-state index contributed by atoms with van der Waals surface area (Å²) in [6.45, 7) is 1.02. The summed E-state index contributed by atoms with van der Waals surface area (Å²) in [6, 6.07) is 31.4. The summed E-state index contributed by atoms with van der Waals surface area (Å²) in [6.07, 6.45) is 4.09. The number of amides is 1. The second-order valence-corrected chi connectivity index (χ2v) is 8.78. The minimum atomic E-state index is -0.794. The number of primary amides is 1. The summed E-state index contributed by atoms with van der Waals surface area (Å²) >= 11 is 0. The normalized spacial score (nSPS) is 18.9. The maximum atomic E-state index is 13.2. The van der Waals surface area contributed by atoms with E-state index in [4.69, 9.17) is 5.73 Å². The van der Waals surface area contributed by atoms with Crippen LogP contribution in [0, 0.1) is 5.92 Å². The lowest BCUT2D eigenvalue weighted by Gasteiger charge is -2.38. The van der Waals surface area contributed by atoms with Crippen LogP contribution in [0.25, 0.3) is 0 Å². The molecule has 1 fully saturated rings. The van der Waals surface area contributed by atoms with Gasteiger partial charge in [0.2, 0.25) is 5.91 Å². The fourth-order valence-electron chi connectivity index (χ4n) is 5.41. The highest BCUT2D eigenvalue weighted by Gasteiger charge is 2.50. The number of carbonyl (C=O) groups is 1. The van der Waals surface area contributed by atoms with Crippen molar-refractivity contribution < 1.29 is 4.79 Å². The molecular formula is C28H32N2O. The molecule has 0 saturated heterocycles. The van der Waals surface area contributed by atoms with Gasteiger partial charge >= 0.3 is 0 Å². The molecule has 1 aliphatic carbocycles. The van der Waals surface area contributed by atoms with Crippen LogP contribution in [0.2, 0.25) is 0 Å². The predicted molar refractivity (Wildman–Crippen MR) is 127 cm³/mol. The first-order valence-corrected chi connectivity index (χ1v) is 11.3. The highest BCUT2D eigenvalue weighted by atomic mass is 16.1. The van der Waals surface area contributed by atoms with Crippen LogP contribution in [0.1, 0.15) is 36.0 Å². The number of likely N-dealkylation sites (N-methyl/N-ethyl adjacent to an activating group) is 1. The van der Waals surface area contributed by atoms with Gasteiger partial charge in [0.15, 0.2) is 0 Å². The van der Waals surface area contributed by atoms with Crippen molar-refractivity contribution in [2.24, 2.45) is 11.7 Å². The summed E-state index contributed by atoms with van der Waals surface area (Å²) in [5.41, 5.74) is 8.80. The molecule has 160 valence electrons. The number of rotatable bonds is 8. The zero-order chi connectivity index (χ0) is 21.7. The quantitative estimate of drug-likeness (QED) is 0.578. The van der Waals surface area contributed by atoms with Crippen LogP contribution >= 0.6 is 0 Å². The second-order valence-electron chi connectivity index (χ2n) is 8.78. The molecule has 1 aliphatic rings. The molecule has 0 spiro atoms. The van der Waals surface area contributed by atoms with Gasteiger partial charge in [-0.2, -0.15) is 0 Å². The van der Waals surface area contributed by atoms with Crippen LogP contribution in [-0.2, 0) is 16.6 Å². The van der Waals surface area contributed by atoms with Crippen LogP contribution in [-0.4, -0.2) is 30.4 Å². The van der Waals surface area contributed by atoms with Crippen molar-refractivity contribution >= 4 is 5.91 Å². The first-order valence-electron chi connectivity index (χ1n) is 11.3. The fourth-order valence-corrected chi connectivity index (χ4v) is 5.41. The Morgan fingerprint density at radius 1 is 0.871 bits per heavy atom. The minimum Gasteiger partial charge on any atom is -0.369 e. The lowest BCUT2D eigenvalue weighted by atomic mass is 9.64. The van der Waals surface area contributed by atoms with Crippen molar-refractivity contribution in [3.05, 3.63) is 108 Å². The molecular weight excluding hydrogens is 380 g/mol. The van der Waals surface area contributed by atoms with E-state index in [1.165, 1.54) is 5.56 Å². The van der Waals surface area contributed by atoms with Crippen LogP contribution in [0.4, 0.5) is 0 Å². The van der Waals surface area contributed by atoms with Crippen molar-refractivity contribution in [1.82, 2.24) is 4.90 Å². The van der Waals surface area contributed by atoms with Gasteiger partial charge in [-0.3, -0.25) is 4.79 Å². The van der Waals surface area contributed by atoms with E-state index in [0.717, 1.165) is 43.4 Å². The number of benzene rings is 3. The van der Waals surface area contributed by atoms with Crippen molar-refractivity contribution in [2.75, 3.05) is 13.6 Å². The van der Waals surface area contributed by atoms with Crippen molar-refractivity contribution in [3.8, 4) is 0 Å². The van der Waals surface area contributed by atoms with Crippen molar-refractivity contribution in [3.63, 3.8) is 0 Å². The average molecular weight is 413 g/mol. The standard InChI is InChI=1S/C28H32N2O/c1-30(20-19-22-11-5-2-6-12-22)26-18-17-25(21-26)28(27(29)31,23-13-7-3-8-14-23)24-15-9-4-10-16-24/h2-16,25-26H,17-21H2,1H3,(H2,29,31). The topological polar surface area (TPSA) is 46.3 Å². The number of carbonyl (C=O) groups excluding carboxylic acids is 1. The first kappa shape index (κ1) is 21.3. The van der Waals surface area contributed by atoms with E-state index in [0.29, 0.717) is 6.04 Å². The van der Waals surface area contributed by atoms with Crippen molar-refractivity contribution in [1.29, 1.82) is 0 Å². The summed E-state index contributed by atoms with van der Waals surface area (Å²) in [7, 11) is 2.22. The average Bonchev–Trinajstić information content (AvgIpc) is 3.30. The van der Waals surface area contributed by atoms with Gasteiger partial charge in [0.1, 0.15) is 5.41 Å². The van der Waals surface area contributed by atoms with Gasteiger partial charge in [-0.25, -0.2) is 0 Å². The molecule has 0 aromatic heterocycles. The molecule has 0 aliphatic heterocycles. The Bertz CT molecular complexity index is 932. The van der Waals surface area contributed by atoms with Gasteiger partial charge in [0, 0.05) is 12.6 Å². The van der Waals surface area contributed by atoms with Crippen LogP contribution in [0.3, 0.4) is 0 Å². The molecule has 31 heavy (non-hydrogen) atoms. The lowest BCUT2D eigenvalue weighted by Crippen LogP contribution is -2.48. The van der Waals surface area contributed by atoms with E-state index >= 15 is 0 Å². The van der Waals surface area contributed by atoms with E-state index < -0.39 is 5.41 Å². The van der Waals surface area contributed by atoms with E-state index in [-0.39, 0.29) is 11.8 Å². The van der Waals surface area contributed by atoms with E-state index in [1.54, 1.807) is 0 Å². The Kier molecular flexibility index (Phi) is 6.53. The highest BCUT2D eigenvalue weighted by molar-refractivity contribution is 5.91. The lowest BCUT2D eigenvalue weighted by molar-refractivity contribution is -0.123. The van der Waals surface area contributed by atoms with Gasteiger partial charge in [-0.15, -0.1) is 0 Å². The molecule has 1 saturated carbocycles. The Morgan fingerprint density at radius 3 is 1.90 bits per heavy atom. The molecule has 2 unspecified atom stereocenters. The van der Waals surface area contributed by atoms with Crippen LogP contribution in [0.15, 0.2) is 91.0 Å². The predicted octanol–water partition coefficient (Wildman–Crippen LogP) is 4.80. The highest BCUT2D eigenvalue weighted by Crippen LogP contribution is 2.47. The van der Waals surface area contributed by atoms with Gasteiger partial charge in [-0.1, -0.05) is 91.0 Å². The third-order valence-corrected chi connectivity index (χ3v) is 7.08. The third kappa shape index (κ3) is 4.28. The largest absolute Gasteiger partial charge is 0.369 e. The summed E-state index contributed by atoms with van der Waals surface area (Å²) in [5, 5.41) is 0. The van der Waals surface area contributed by atoms with Crippen LogP contribution < -0.4 is 5.73 Å². The summed E-state index contributed by atoms with van der Waals surface area (Å²) < 4.78 is 0. The Hall–Kier alpha value is -2.91. The maximum Gasteiger partial charge on any atom is 0.232 e. The van der Waals surface area contributed by atoms with E-state index in [9.17, 15) is 4.79 Å². The number of hydrogen-bond acceptors (Lipinski definition) is 2. The van der Waals surface area contributed by atoms with Gasteiger partial charge in [-0.05, 0) is 55.3 Å². The molecule has 0 radical (unpaired) electrons. The molecule has 0 heterocycles. The Labute approximate surface area is 185 Å². The van der Waals surface area contributed by atoms with Crippen molar-refractivity contribution in [2.45, 2.75) is 37.1 Å². The fraction of sp³-hybridized carbons (Fsp3) is 0.321. The summed E-state index contributed by atoms with van der Waals surface area (Å²) in [4.78, 5) is 15.7. The molecule has 3 heteroatoms. The molecule has 4 rings (SSSR count). The van der Waals surface area contributed by atoms with Gasteiger partial charge in [0.05, 0.1) is 0 Å². The second kappa shape index (κ2) is 9.49. The number of hydrogen-bond donors (Lipinski definition) is 1. The van der Waals surface area contributed by atoms with Crippen LogP contribution in [0.5, 0.6) is 0 Å². The molecule has 1 amide bonds. The Morgan fingerprint density at radius 2 is 1.39 bits per heavy atom. The first-order chi connectivity index (χ1) is 15.1. The van der Waals surface area contributed by atoms with E-state index in [1.807, 2.05) is 36.4 Å². The zero-order valence-corrected chi connectivity index (χ0v) is 18.3. The van der Waals surface area contributed by atoms with Gasteiger partial charge < -0.3 is 10.6 Å². The van der Waals surface area contributed by atoms with Gasteiger partial charge in [0.25, 0.3) is 0 Å². The third-order valence-electron chi connectivity index (χ3n) is 7.08. The van der Waals surface area contributed by atoms with E-state index in [2.05, 4.69) is 66.5 Å². The molecule has 2 N–H and O–H groups in total. The minimum absolute atomic E-state index is 0.180. The molecule has 3 aromatic carbocycles. The molecule has 2 atom stereocenters. The monoisotopic (exact) mass is 412 g/mol. The number of nitrogens with two attached hydrogens (primary N) is 1. The summed E-state index contributed by atoms with van der Waals surface area (Å²) in [5.74, 6) is -0.0681. The smallest absolute Gasteiger partial charge is 0.232 e. The molecule has 3 aromatic rings.